The van der Waals surface area contributed by atoms with Gasteiger partial charge in [0.15, 0.2) is 0 Å². The fraction of sp³-hybridized carbons (Fsp3) is 0.857. The molecule has 0 aromatic carbocycles. The Labute approximate surface area is 115 Å². The summed E-state index contributed by atoms with van der Waals surface area (Å²) in [6.07, 6.45) is 7.47. The lowest BCUT2D eigenvalue weighted by Crippen LogP contribution is -2.21. The van der Waals surface area contributed by atoms with Gasteiger partial charge in [0.2, 0.25) is 0 Å². The van der Waals surface area contributed by atoms with Gasteiger partial charge < -0.3 is 15.2 Å². The van der Waals surface area contributed by atoms with E-state index in [4.69, 9.17) is 9.84 Å². The number of hydrogen-bond donors (Lipinski definition) is 2. The van der Waals surface area contributed by atoms with Crippen molar-refractivity contribution in [3.8, 4) is 0 Å². The summed E-state index contributed by atoms with van der Waals surface area (Å²) >= 11 is 0. The summed E-state index contributed by atoms with van der Waals surface area (Å²) in [5.74, 6) is -0.111. The third-order valence-corrected chi connectivity index (χ3v) is 2.84. The summed E-state index contributed by atoms with van der Waals surface area (Å²) in [4.78, 5) is 21.5. The van der Waals surface area contributed by atoms with Crippen LogP contribution in [0.15, 0.2) is 0 Å². The molecule has 0 radical (unpaired) electrons. The molecule has 2 N–H and O–H groups in total. The molecule has 0 atom stereocenters. The Balaban J connectivity index is 3.18. The van der Waals surface area contributed by atoms with Crippen LogP contribution in [0, 0.1) is 0 Å². The molecular formula is C14H27NO4. The van der Waals surface area contributed by atoms with Gasteiger partial charge in [0.1, 0.15) is 0 Å². The first-order chi connectivity index (χ1) is 9.16. The zero-order valence-corrected chi connectivity index (χ0v) is 12.0. The molecule has 0 aliphatic rings. The number of nitrogens with one attached hydrogen (secondary N) is 1. The van der Waals surface area contributed by atoms with E-state index in [1.54, 1.807) is 0 Å². The lowest BCUT2D eigenvalue weighted by molar-refractivity contribution is -0.143. The minimum absolute atomic E-state index is 0.111. The second-order valence-corrected chi connectivity index (χ2v) is 4.68. The Hall–Kier alpha value is -1.26. The first-order valence-corrected chi connectivity index (χ1v) is 7.29. The first-order valence-electron chi connectivity index (χ1n) is 7.29. The highest BCUT2D eigenvalue weighted by Crippen LogP contribution is 2.05. The van der Waals surface area contributed by atoms with E-state index in [1.807, 2.05) is 0 Å². The summed E-state index contributed by atoms with van der Waals surface area (Å²) in [5.41, 5.74) is 0. The molecule has 0 aliphatic carbocycles. The van der Waals surface area contributed by atoms with Crippen molar-refractivity contribution in [1.29, 1.82) is 0 Å². The largest absolute Gasteiger partial charge is 0.466 e. The minimum Gasteiger partial charge on any atom is -0.466 e. The van der Waals surface area contributed by atoms with Crippen LogP contribution in [-0.2, 0) is 9.53 Å². The monoisotopic (exact) mass is 273 g/mol. The topological polar surface area (TPSA) is 75.6 Å². The minimum atomic E-state index is -0.980. The van der Waals surface area contributed by atoms with E-state index in [9.17, 15) is 9.59 Å². The molecule has 0 aliphatic heterocycles. The number of amides is 1. The molecule has 5 heteroatoms. The van der Waals surface area contributed by atoms with Gasteiger partial charge >= 0.3 is 12.1 Å². The standard InChI is InChI=1S/C14H27NO4/c1-2-3-4-9-12-19-13(16)10-7-5-6-8-11-15-14(17)18/h15H,2-12H2,1H3,(H,17,18). The molecule has 0 bridgehead atoms. The molecule has 112 valence electrons. The van der Waals surface area contributed by atoms with Crippen molar-refractivity contribution < 1.29 is 19.4 Å². The molecule has 0 aromatic rings. The number of unbranched alkanes of at least 4 members (excludes halogenated alkanes) is 6. The zero-order chi connectivity index (χ0) is 14.3. The van der Waals surface area contributed by atoms with Crippen LogP contribution in [0.5, 0.6) is 0 Å². The molecule has 0 unspecified atom stereocenters. The maximum atomic E-state index is 11.3. The molecule has 1 amide bonds. The van der Waals surface area contributed by atoms with Crippen LogP contribution in [0.2, 0.25) is 0 Å². The van der Waals surface area contributed by atoms with Gasteiger partial charge in [-0.05, 0) is 19.3 Å². The molecule has 5 nitrogen and oxygen atoms in total. The fourth-order valence-electron chi connectivity index (χ4n) is 1.73. The molecule has 0 fully saturated rings. The van der Waals surface area contributed by atoms with Gasteiger partial charge in [-0.3, -0.25) is 4.79 Å². The van der Waals surface area contributed by atoms with Crippen molar-refractivity contribution in [3.63, 3.8) is 0 Å². The van der Waals surface area contributed by atoms with Gasteiger partial charge in [-0.1, -0.05) is 39.0 Å². The summed E-state index contributed by atoms with van der Waals surface area (Å²) in [7, 11) is 0. The SMILES string of the molecule is CCCCCCOC(=O)CCCCCCNC(=O)O. The van der Waals surface area contributed by atoms with Crippen molar-refractivity contribution in [3.05, 3.63) is 0 Å². The Kier molecular flexibility index (Phi) is 12.3. The normalized spacial score (nSPS) is 10.2. The second-order valence-electron chi connectivity index (χ2n) is 4.68. The van der Waals surface area contributed by atoms with E-state index in [0.717, 1.165) is 38.5 Å². The Morgan fingerprint density at radius 2 is 1.68 bits per heavy atom. The molecule has 0 saturated heterocycles. The van der Waals surface area contributed by atoms with Crippen LogP contribution in [0.3, 0.4) is 0 Å². The van der Waals surface area contributed by atoms with Gasteiger partial charge in [-0.2, -0.15) is 0 Å². The van der Waals surface area contributed by atoms with Crippen LogP contribution in [-0.4, -0.2) is 30.3 Å². The zero-order valence-electron chi connectivity index (χ0n) is 12.0. The number of carbonyl (C=O) groups is 2. The predicted octanol–water partition coefficient (Wildman–Crippen LogP) is 3.33. The molecule has 0 saturated carbocycles. The Bertz CT molecular complexity index is 244. The summed E-state index contributed by atoms with van der Waals surface area (Å²) in [5, 5.41) is 10.7. The van der Waals surface area contributed by atoms with Crippen molar-refractivity contribution in [2.75, 3.05) is 13.2 Å². The van der Waals surface area contributed by atoms with Crippen LogP contribution in [0.4, 0.5) is 4.79 Å². The van der Waals surface area contributed by atoms with E-state index in [1.165, 1.54) is 12.8 Å². The quantitative estimate of drug-likeness (QED) is 0.422. The summed E-state index contributed by atoms with van der Waals surface area (Å²) < 4.78 is 5.12. The van der Waals surface area contributed by atoms with E-state index in [2.05, 4.69) is 12.2 Å². The third kappa shape index (κ3) is 14.7. The Morgan fingerprint density at radius 3 is 2.37 bits per heavy atom. The highest BCUT2D eigenvalue weighted by atomic mass is 16.5. The highest BCUT2D eigenvalue weighted by molar-refractivity contribution is 5.69. The lowest BCUT2D eigenvalue weighted by atomic mass is 10.1. The molecular weight excluding hydrogens is 246 g/mol. The fourth-order valence-corrected chi connectivity index (χ4v) is 1.73. The number of rotatable bonds is 12. The van der Waals surface area contributed by atoms with Crippen LogP contribution >= 0.6 is 0 Å². The number of carbonyl (C=O) groups excluding carboxylic acids is 1. The smallest absolute Gasteiger partial charge is 0.404 e. The van der Waals surface area contributed by atoms with Gasteiger partial charge in [-0.15, -0.1) is 0 Å². The first kappa shape index (κ1) is 17.7. The van der Waals surface area contributed by atoms with Crippen molar-refractivity contribution in [2.45, 2.75) is 64.7 Å². The highest BCUT2D eigenvalue weighted by Gasteiger charge is 2.02. The lowest BCUT2D eigenvalue weighted by Gasteiger charge is -2.04. The average Bonchev–Trinajstić information content (AvgIpc) is 2.37. The van der Waals surface area contributed by atoms with Crippen molar-refractivity contribution in [2.24, 2.45) is 0 Å². The maximum absolute atomic E-state index is 11.3. The number of hydrogen-bond acceptors (Lipinski definition) is 3. The van der Waals surface area contributed by atoms with E-state index >= 15 is 0 Å². The van der Waals surface area contributed by atoms with Crippen molar-refractivity contribution >= 4 is 12.1 Å². The summed E-state index contributed by atoms with van der Waals surface area (Å²) in [6.45, 7) is 3.18. The number of carboxylic acid groups (broad SMARTS) is 1. The maximum Gasteiger partial charge on any atom is 0.404 e. The molecule has 0 aromatic heterocycles. The molecule has 0 heterocycles. The van der Waals surface area contributed by atoms with E-state index in [-0.39, 0.29) is 5.97 Å². The van der Waals surface area contributed by atoms with E-state index < -0.39 is 6.09 Å². The molecule has 19 heavy (non-hydrogen) atoms. The number of ether oxygens (including phenoxy) is 1. The van der Waals surface area contributed by atoms with Gasteiger partial charge in [0.05, 0.1) is 6.61 Å². The second kappa shape index (κ2) is 13.2. The van der Waals surface area contributed by atoms with Crippen LogP contribution < -0.4 is 5.32 Å². The molecule has 0 spiro atoms. The van der Waals surface area contributed by atoms with Crippen LogP contribution in [0.1, 0.15) is 64.7 Å². The number of esters is 1. The third-order valence-electron chi connectivity index (χ3n) is 2.84. The van der Waals surface area contributed by atoms with Gasteiger partial charge in [0, 0.05) is 13.0 Å². The summed E-state index contributed by atoms with van der Waals surface area (Å²) in [6, 6.07) is 0. The van der Waals surface area contributed by atoms with E-state index in [0.29, 0.717) is 19.6 Å². The Morgan fingerprint density at radius 1 is 1.00 bits per heavy atom. The van der Waals surface area contributed by atoms with Crippen LogP contribution in [0.25, 0.3) is 0 Å². The van der Waals surface area contributed by atoms with Gasteiger partial charge in [-0.25, -0.2) is 4.79 Å². The van der Waals surface area contributed by atoms with Gasteiger partial charge in [0.25, 0.3) is 0 Å². The average molecular weight is 273 g/mol. The molecule has 0 rings (SSSR count). The predicted molar refractivity (Wildman–Crippen MR) is 74.2 cm³/mol. The van der Waals surface area contributed by atoms with Crippen molar-refractivity contribution in [1.82, 2.24) is 5.32 Å².